The van der Waals surface area contributed by atoms with Crippen LogP contribution in [-0.2, 0) is 0 Å². The smallest absolute Gasteiger partial charge is 0.125 e. The number of aliphatic hydroxyl groups is 2. The second-order valence-electron chi connectivity index (χ2n) is 5.72. The van der Waals surface area contributed by atoms with Crippen molar-refractivity contribution in [1.29, 1.82) is 0 Å². The highest BCUT2D eigenvalue weighted by Gasteiger charge is 2.16. The van der Waals surface area contributed by atoms with Crippen LogP contribution >= 0.6 is 0 Å². The van der Waals surface area contributed by atoms with Gasteiger partial charge in [0.1, 0.15) is 11.5 Å². The molecule has 0 spiro atoms. The average molecular weight is 310 g/mol. The zero-order chi connectivity index (χ0) is 16.5. The van der Waals surface area contributed by atoms with Crippen molar-refractivity contribution >= 4 is 0 Å². The molecule has 0 aliphatic carbocycles. The van der Waals surface area contributed by atoms with Crippen LogP contribution in [0.5, 0.6) is 11.5 Å². The lowest BCUT2D eigenvalue weighted by Crippen LogP contribution is -2.08. The fraction of sp³-hybridized carbons (Fsp3) is 0.667. The predicted octanol–water partition coefficient (Wildman–Crippen LogP) is 3.22. The summed E-state index contributed by atoms with van der Waals surface area (Å²) in [4.78, 5) is 0. The molecule has 0 saturated carbocycles. The van der Waals surface area contributed by atoms with Crippen LogP contribution in [0.4, 0.5) is 0 Å². The van der Waals surface area contributed by atoms with Gasteiger partial charge in [-0.1, -0.05) is 0 Å². The molecule has 0 unspecified atom stereocenters. The van der Waals surface area contributed by atoms with E-state index in [2.05, 4.69) is 27.7 Å². The second-order valence-corrected chi connectivity index (χ2v) is 5.72. The van der Waals surface area contributed by atoms with Crippen molar-refractivity contribution in [3.05, 3.63) is 22.3 Å². The Bertz CT molecular complexity index is 397. The Labute approximate surface area is 134 Å². The summed E-state index contributed by atoms with van der Waals surface area (Å²) in [6, 6.07) is 0. The number of hydrogen-bond donors (Lipinski definition) is 2. The first kappa shape index (κ1) is 18.8. The largest absolute Gasteiger partial charge is 0.493 e. The third-order valence-corrected chi connectivity index (χ3v) is 4.09. The van der Waals surface area contributed by atoms with E-state index >= 15 is 0 Å². The quantitative estimate of drug-likeness (QED) is 0.651. The van der Waals surface area contributed by atoms with E-state index in [1.54, 1.807) is 0 Å². The minimum atomic E-state index is 0.208. The molecule has 0 fully saturated rings. The van der Waals surface area contributed by atoms with Crippen molar-refractivity contribution in [2.24, 2.45) is 0 Å². The van der Waals surface area contributed by atoms with E-state index < -0.39 is 0 Å². The molecule has 4 nitrogen and oxygen atoms in total. The monoisotopic (exact) mass is 310 g/mol. The number of rotatable bonds is 10. The lowest BCUT2D eigenvalue weighted by molar-refractivity contribution is 0.248. The van der Waals surface area contributed by atoms with E-state index in [4.69, 9.17) is 19.7 Å². The van der Waals surface area contributed by atoms with Crippen LogP contribution in [0.15, 0.2) is 0 Å². The van der Waals surface area contributed by atoms with Gasteiger partial charge in [-0.05, 0) is 75.6 Å². The first-order chi connectivity index (χ1) is 10.5. The van der Waals surface area contributed by atoms with E-state index in [0.717, 1.165) is 59.4 Å². The summed E-state index contributed by atoms with van der Waals surface area (Å²) >= 11 is 0. The topological polar surface area (TPSA) is 58.9 Å². The van der Waals surface area contributed by atoms with E-state index in [1.807, 2.05) is 0 Å². The zero-order valence-corrected chi connectivity index (χ0v) is 14.4. The molecule has 4 heteroatoms. The molecule has 0 radical (unpaired) electrons. The summed E-state index contributed by atoms with van der Waals surface area (Å²) < 4.78 is 11.9. The van der Waals surface area contributed by atoms with Crippen LogP contribution in [0, 0.1) is 27.7 Å². The number of ether oxygens (including phenoxy) is 2. The molecule has 0 aliphatic rings. The summed E-state index contributed by atoms with van der Waals surface area (Å²) in [5, 5.41) is 17.7. The fourth-order valence-corrected chi connectivity index (χ4v) is 2.45. The van der Waals surface area contributed by atoms with Crippen LogP contribution in [0.25, 0.3) is 0 Å². The molecule has 22 heavy (non-hydrogen) atoms. The van der Waals surface area contributed by atoms with Gasteiger partial charge < -0.3 is 19.7 Å². The van der Waals surface area contributed by atoms with Gasteiger partial charge in [-0.15, -0.1) is 0 Å². The van der Waals surface area contributed by atoms with Crippen molar-refractivity contribution < 1.29 is 19.7 Å². The van der Waals surface area contributed by atoms with E-state index in [9.17, 15) is 0 Å². The van der Waals surface area contributed by atoms with Crippen molar-refractivity contribution in [2.45, 2.75) is 53.4 Å². The van der Waals surface area contributed by atoms with Gasteiger partial charge in [0.25, 0.3) is 0 Å². The summed E-state index contributed by atoms with van der Waals surface area (Å²) in [5.74, 6) is 1.88. The van der Waals surface area contributed by atoms with Gasteiger partial charge in [0, 0.05) is 13.2 Å². The molecule has 0 atom stereocenters. The molecule has 0 aliphatic heterocycles. The standard InChI is InChI=1S/C18H30O4/c1-13-14(2)18(22-12-8-6-10-20)16(4)15(3)17(13)21-11-7-5-9-19/h19-20H,5-12H2,1-4H3. The normalized spacial score (nSPS) is 10.8. The number of benzene rings is 1. The molecule has 0 bridgehead atoms. The molecule has 0 saturated heterocycles. The van der Waals surface area contributed by atoms with Gasteiger partial charge in [-0.25, -0.2) is 0 Å². The second kappa shape index (κ2) is 9.70. The number of unbranched alkanes of at least 4 members (excludes halogenated alkanes) is 2. The SMILES string of the molecule is Cc1c(C)c(OCCCCO)c(C)c(C)c1OCCCCO. The van der Waals surface area contributed by atoms with Crippen LogP contribution in [0.3, 0.4) is 0 Å². The lowest BCUT2D eigenvalue weighted by Gasteiger charge is -2.21. The van der Waals surface area contributed by atoms with Crippen LogP contribution in [0.1, 0.15) is 47.9 Å². The zero-order valence-electron chi connectivity index (χ0n) is 14.4. The molecule has 1 rings (SSSR count). The summed E-state index contributed by atoms with van der Waals surface area (Å²) in [7, 11) is 0. The van der Waals surface area contributed by atoms with E-state index in [0.29, 0.717) is 13.2 Å². The van der Waals surface area contributed by atoms with Crippen LogP contribution < -0.4 is 9.47 Å². The van der Waals surface area contributed by atoms with Crippen molar-refractivity contribution in [3.8, 4) is 11.5 Å². The fourth-order valence-electron chi connectivity index (χ4n) is 2.45. The Balaban J connectivity index is 2.85. The van der Waals surface area contributed by atoms with E-state index in [1.165, 1.54) is 0 Å². The number of aliphatic hydroxyl groups excluding tert-OH is 2. The van der Waals surface area contributed by atoms with Gasteiger partial charge >= 0.3 is 0 Å². The highest BCUT2D eigenvalue weighted by atomic mass is 16.5. The predicted molar refractivity (Wildman–Crippen MR) is 89.0 cm³/mol. The molecule has 2 N–H and O–H groups in total. The highest BCUT2D eigenvalue weighted by molar-refractivity contribution is 5.57. The third-order valence-electron chi connectivity index (χ3n) is 4.09. The Morgan fingerprint density at radius 1 is 0.591 bits per heavy atom. The first-order valence-corrected chi connectivity index (χ1v) is 8.12. The summed E-state index contributed by atoms with van der Waals surface area (Å²) in [5.41, 5.74) is 4.46. The third kappa shape index (κ3) is 4.89. The lowest BCUT2D eigenvalue weighted by atomic mass is 9.98. The minimum Gasteiger partial charge on any atom is -0.493 e. The van der Waals surface area contributed by atoms with E-state index in [-0.39, 0.29) is 13.2 Å². The maximum Gasteiger partial charge on any atom is 0.125 e. The molecule has 126 valence electrons. The number of hydrogen-bond acceptors (Lipinski definition) is 4. The molecule has 0 aromatic heterocycles. The van der Waals surface area contributed by atoms with Crippen molar-refractivity contribution in [3.63, 3.8) is 0 Å². The Morgan fingerprint density at radius 2 is 0.909 bits per heavy atom. The maximum atomic E-state index is 8.83. The van der Waals surface area contributed by atoms with Crippen molar-refractivity contribution in [1.82, 2.24) is 0 Å². The van der Waals surface area contributed by atoms with Gasteiger partial charge in [0.2, 0.25) is 0 Å². The molecular formula is C18H30O4. The van der Waals surface area contributed by atoms with Crippen molar-refractivity contribution in [2.75, 3.05) is 26.4 Å². The minimum absolute atomic E-state index is 0.208. The first-order valence-electron chi connectivity index (χ1n) is 8.12. The Kier molecular flexibility index (Phi) is 8.28. The molecule has 0 heterocycles. The van der Waals surface area contributed by atoms with Gasteiger partial charge in [0.05, 0.1) is 13.2 Å². The molecule has 1 aromatic carbocycles. The van der Waals surface area contributed by atoms with Gasteiger partial charge in [-0.3, -0.25) is 0 Å². The van der Waals surface area contributed by atoms with Crippen LogP contribution in [0.2, 0.25) is 0 Å². The Hall–Kier alpha value is -1.26. The molecular weight excluding hydrogens is 280 g/mol. The highest BCUT2D eigenvalue weighted by Crippen LogP contribution is 2.37. The van der Waals surface area contributed by atoms with Gasteiger partial charge in [-0.2, -0.15) is 0 Å². The van der Waals surface area contributed by atoms with Gasteiger partial charge in [0.15, 0.2) is 0 Å². The summed E-state index contributed by atoms with van der Waals surface area (Å²) in [6.07, 6.45) is 3.24. The Morgan fingerprint density at radius 3 is 1.18 bits per heavy atom. The maximum absolute atomic E-state index is 8.83. The van der Waals surface area contributed by atoms with Crippen LogP contribution in [-0.4, -0.2) is 36.6 Å². The molecule has 0 amide bonds. The summed E-state index contributed by atoms with van der Waals surface area (Å²) in [6.45, 7) is 9.90. The average Bonchev–Trinajstić information content (AvgIpc) is 2.51. The molecule has 1 aromatic rings.